The summed E-state index contributed by atoms with van der Waals surface area (Å²) in [6, 6.07) is 16.4. The molecule has 0 spiro atoms. The molecule has 2 aromatic carbocycles. The lowest BCUT2D eigenvalue weighted by molar-refractivity contribution is -0.117. The lowest BCUT2D eigenvalue weighted by Gasteiger charge is -2.18. The highest BCUT2D eigenvalue weighted by Crippen LogP contribution is 2.25. The molecular weight excluding hydrogens is 350 g/mol. The van der Waals surface area contributed by atoms with Crippen molar-refractivity contribution < 1.29 is 9.59 Å². The summed E-state index contributed by atoms with van der Waals surface area (Å²) in [5.74, 6) is 0.184. The number of Topliss-reactive ketones (excluding diaryl/α,β-unsaturated/α-hetero) is 1. The molecule has 0 unspecified atom stereocenters. The van der Waals surface area contributed by atoms with Crippen LogP contribution in [0.5, 0.6) is 0 Å². The number of ketones is 1. The third-order valence-electron chi connectivity index (χ3n) is 5.09. The smallest absolute Gasteiger partial charge is 0.224 e. The van der Waals surface area contributed by atoms with Crippen LogP contribution in [0.25, 0.3) is 0 Å². The fourth-order valence-electron chi connectivity index (χ4n) is 3.68. The Hall–Kier alpha value is -3.21. The van der Waals surface area contributed by atoms with Gasteiger partial charge in [-0.1, -0.05) is 42.5 Å². The van der Waals surface area contributed by atoms with Crippen LogP contribution in [-0.2, 0) is 35.4 Å². The van der Waals surface area contributed by atoms with Crippen LogP contribution in [0.3, 0.4) is 0 Å². The van der Waals surface area contributed by atoms with E-state index < -0.39 is 0 Å². The first-order valence-electron chi connectivity index (χ1n) is 9.56. The number of imidazole rings is 1. The average Bonchev–Trinajstić information content (AvgIpc) is 3.03. The van der Waals surface area contributed by atoms with Crippen molar-refractivity contribution in [3.8, 4) is 0 Å². The van der Waals surface area contributed by atoms with Gasteiger partial charge < -0.3 is 9.88 Å². The van der Waals surface area contributed by atoms with E-state index in [1.807, 2.05) is 35.2 Å². The second-order valence-electron chi connectivity index (χ2n) is 7.35. The molecule has 1 aliphatic heterocycles. The van der Waals surface area contributed by atoms with E-state index in [0.717, 1.165) is 29.1 Å². The first kappa shape index (κ1) is 18.2. The van der Waals surface area contributed by atoms with Crippen molar-refractivity contribution in [2.75, 3.05) is 5.32 Å². The molecule has 0 fully saturated rings. The summed E-state index contributed by atoms with van der Waals surface area (Å²) in [4.78, 5) is 28.1. The molecular formula is C23H23N3O2. The van der Waals surface area contributed by atoms with Crippen molar-refractivity contribution in [3.05, 3.63) is 82.9 Å². The number of rotatable bonds is 6. The van der Waals surface area contributed by atoms with E-state index >= 15 is 0 Å². The molecule has 0 radical (unpaired) electrons. The fraction of sp³-hybridized carbons (Fsp3) is 0.261. The van der Waals surface area contributed by atoms with Gasteiger partial charge in [-0.15, -0.1) is 0 Å². The molecule has 0 atom stereocenters. The highest BCUT2D eigenvalue weighted by Gasteiger charge is 2.17. The van der Waals surface area contributed by atoms with E-state index in [1.165, 1.54) is 11.1 Å². The molecule has 4 rings (SSSR count). The minimum absolute atomic E-state index is 0.0645. The Morgan fingerprint density at radius 1 is 1.11 bits per heavy atom. The number of nitrogens with zero attached hydrogens (tertiary/aromatic N) is 2. The van der Waals surface area contributed by atoms with E-state index in [2.05, 4.69) is 34.6 Å². The maximum absolute atomic E-state index is 11.9. The van der Waals surface area contributed by atoms with E-state index in [0.29, 0.717) is 25.8 Å². The Bertz CT molecular complexity index is 1020. The van der Waals surface area contributed by atoms with Gasteiger partial charge in [0.15, 0.2) is 0 Å². The number of nitrogens with one attached hydrogen (secondary N) is 1. The first-order valence-corrected chi connectivity index (χ1v) is 9.56. The van der Waals surface area contributed by atoms with E-state index in [9.17, 15) is 9.59 Å². The van der Waals surface area contributed by atoms with Crippen molar-refractivity contribution in [3.63, 3.8) is 0 Å². The zero-order valence-corrected chi connectivity index (χ0v) is 15.9. The van der Waals surface area contributed by atoms with Crippen LogP contribution in [0.4, 0.5) is 5.69 Å². The molecule has 5 nitrogen and oxygen atoms in total. The molecule has 1 aromatic heterocycles. The zero-order chi connectivity index (χ0) is 19.5. The average molecular weight is 373 g/mol. The Labute approximate surface area is 164 Å². The van der Waals surface area contributed by atoms with Gasteiger partial charge in [-0.05, 0) is 36.1 Å². The molecule has 0 aliphatic carbocycles. The standard InChI is InChI=1S/C23H23N3O2/c1-16(27)11-22-21(12-17-5-3-2-4-6-17)24-15-26(22)14-18-7-8-19-9-10-23(28)25-20(19)13-18/h2-8,13,15H,9-12,14H2,1H3,(H,25,28). The quantitative estimate of drug-likeness (QED) is 0.719. The molecule has 1 aliphatic rings. The van der Waals surface area contributed by atoms with Gasteiger partial charge >= 0.3 is 0 Å². The Kier molecular flexibility index (Phi) is 5.06. The van der Waals surface area contributed by atoms with Gasteiger partial charge in [0.1, 0.15) is 5.78 Å². The van der Waals surface area contributed by atoms with Gasteiger partial charge in [0, 0.05) is 37.2 Å². The number of aromatic nitrogens is 2. The van der Waals surface area contributed by atoms with Gasteiger partial charge in [-0.3, -0.25) is 9.59 Å². The summed E-state index contributed by atoms with van der Waals surface area (Å²) in [5, 5.41) is 2.95. The van der Waals surface area contributed by atoms with E-state index in [-0.39, 0.29) is 11.7 Å². The van der Waals surface area contributed by atoms with E-state index in [1.54, 1.807) is 6.92 Å². The van der Waals surface area contributed by atoms with Gasteiger partial charge in [0.25, 0.3) is 0 Å². The van der Waals surface area contributed by atoms with Crippen molar-refractivity contribution in [1.29, 1.82) is 0 Å². The summed E-state index contributed by atoms with van der Waals surface area (Å²) in [6.07, 6.45) is 4.21. The number of amides is 1. The van der Waals surface area contributed by atoms with Crippen LogP contribution in [-0.4, -0.2) is 21.2 Å². The topological polar surface area (TPSA) is 64.0 Å². The summed E-state index contributed by atoms with van der Waals surface area (Å²) >= 11 is 0. The van der Waals surface area contributed by atoms with Crippen LogP contribution < -0.4 is 5.32 Å². The molecule has 1 amide bonds. The minimum atomic E-state index is 0.0645. The van der Waals surface area contributed by atoms with E-state index in [4.69, 9.17) is 0 Å². The number of fused-ring (bicyclic) bond motifs is 1. The number of hydrogen-bond donors (Lipinski definition) is 1. The van der Waals surface area contributed by atoms with Crippen LogP contribution >= 0.6 is 0 Å². The molecule has 2 heterocycles. The maximum atomic E-state index is 11.9. The molecule has 5 heteroatoms. The Morgan fingerprint density at radius 3 is 2.71 bits per heavy atom. The third kappa shape index (κ3) is 4.03. The summed E-state index contributed by atoms with van der Waals surface area (Å²) in [5.41, 5.74) is 6.21. The molecule has 1 N–H and O–H groups in total. The van der Waals surface area contributed by atoms with Gasteiger partial charge in [0.05, 0.1) is 12.0 Å². The molecule has 28 heavy (non-hydrogen) atoms. The first-order chi connectivity index (χ1) is 13.6. The van der Waals surface area contributed by atoms with Crippen LogP contribution in [0.1, 0.15) is 41.4 Å². The maximum Gasteiger partial charge on any atom is 0.224 e. The van der Waals surface area contributed by atoms with Crippen molar-refractivity contribution in [2.45, 2.75) is 39.2 Å². The lowest BCUT2D eigenvalue weighted by atomic mass is 10.0. The number of carbonyl (C=O) groups excluding carboxylic acids is 2. The predicted molar refractivity (Wildman–Crippen MR) is 108 cm³/mol. The van der Waals surface area contributed by atoms with Crippen LogP contribution in [0, 0.1) is 0 Å². The zero-order valence-electron chi connectivity index (χ0n) is 15.9. The predicted octanol–water partition coefficient (Wildman–Crippen LogP) is 3.54. The van der Waals surface area contributed by atoms with Crippen molar-refractivity contribution in [2.24, 2.45) is 0 Å². The summed E-state index contributed by atoms with van der Waals surface area (Å²) in [6.45, 7) is 2.23. The monoisotopic (exact) mass is 373 g/mol. The van der Waals surface area contributed by atoms with Gasteiger partial charge in [0.2, 0.25) is 5.91 Å². The fourth-order valence-corrected chi connectivity index (χ4v) is 3.68. The number of hydrogen-bond acceptors (Lipinski definition) is 3. The van der Waals surface area contributed by atoms with Gasteiger partial charge in [-0.25, -0.2) is 4.98 Å². The SMILES string of the molecule is CC(=O)Cc1c(Cc2ccccc2)ncn1Cc1ccc2c(c1)NC(=O)CC2. The second-order valence-corrected chi connectivity index (χ2v) is 7.35. The normalized spacial score (nSPS) is 13.1. The minimum Gasteiger partial charge on any atom is -0.329 e. The number of anilines is 1. The Balaban J connectivity index is 1.61. The lowest BCUT2D eigenvalue weighted by Crippen LogP contribution is -2.19. The van der Waals surface area contributed by atoms with Crippen molar-refractivity contribution >= 4 is 17.4 Å². The highest BCUT2D eigenvalue weighted by atomic mass is 16.1. The molecule has 0 bridgehead atoms. The second kappa shape index (κ2) is 7.80. The Morgan fingerprint density at radius 2 is 1.93 bits per heavy atom. The molecule has 0 saturated carbocycles. The molecule has 3 aromatic rings. The highest BCUT2D eigenvalue weighted by molar-refractivity contribution is 5.94. The molecule has 142 valence electrons. The third-order valence-corrected chi connectivity index (χ3v) is 5.09. The van der Waals surface area contributed by atoms with Crippen molar-refractivity contribution in [1.82, 2.24) is 9.55 Å². The largest absolute Gasteiger partial charge is 0.329 e. The number of benzene rings is 2. The summed E-state index contributed by atoms with van der Waals surface area (Å²) < 4.78 is 2.05. The van der Waals surface area contributed by atoms with Gasteiger partial charge in [-0.2, -0.15) is 0 Å². The van der Waals surface area contributed by atoms with Crippen LogP contribution in [0.2, 0.25) is 0 Å². The number of aryl methyl sites for hydroxylation is 1. The number of carbonyl (C=O) groups is 2. The molecule has 0 saturated heterocycles. The summed E-state index contributed by atoms with van der Waals surface area (Å²) in [7, 11) is 0. The van der Waals surface area contributed by atoms with Crippen LogP contribution in [0.15, 0.2) is 54.9 Å².